The lowest BCUT2D eigenvalue weighted by molar-refractivity contribution is -0.141. The Bertz CT molecular complexity index is 1120. The minimum Gasteiger partial charge on any atom is -0.507 e. The number of methoxy groups -OCH3 is 3. The van der Waals surface area contributed by atoms with Crippen LogP contribution < -0.4 is 14.2 Å². The number of para-hydroxylation sites is 1. The summed E-state index contributed by atoms with van der Waals surface area (Å²) < 4.78 is 16.3. The number of carbonyl (C=O) groups excluding carboxylic acids is 2. The minimum absolute atomic E-state index is 0.0147. The van der Waals surface area contributed by atoms with Gasteiger partial charge in [-0.15, -0.1) is 0 Å². The Balaban J connectivity index is 1.98. The van der Waals surface area contributed by atoms with E-state index in [2.05, 4.69) is 0 Å². The van der Waals surface area contributed by atoms with E-state index in [1.54, 1.807) is 11.0 Å². The Morgan fingerprint density at radius 1 is 0.970 bits per heavy atom. The van der Waals surface area contributed by atoms with Gasteiger partial charge in [0.15, 0.2) is 0 Å². The van der Waals surface area contributed by atoms with Crippen molar-refractivity contribution in [3.8, 4) is 17.2 Å². The molecule has 1 saturated carbocycles. The minimum atomic E-state index is -0.796. The number of rotatable bonds is 6. The van der Waals surface area contributed by atoms with Crippen molar-refractivity contribution in [2.24, 2.45) is 0 Å². The highest BCUT2D eigenvalue weighted by Crippen LogP contribution is 2.47. The number of carbonyl (C=O) groups is 2. The summed E-state index contributed by atoms with van der Waals surface area (Å²) in [5.74, 6) is -0.636. The van der Waals surface area contributed by atoms with Crippen LogP contribution in [0.4, 0.5) is 0 Å². The van der Waals surface area contributed by atoms with E-state index in [0.717, 1.165) is 25.7 Å². The first kappa shape index (κ1) is 23.0. The molecule has 33 heavy (non-hydrogen) atoms. The number of ketones is 1. The van der Waals surface area contributed by atoms with Crippen LogP contribution >= 0.6 is 11.6 Å². The average Bonchev–Trinajstić information content (AvgIpc) is 3.45. The number of aliphatic hydroxyl groups is 1. The number of likely N-dealkylation sites (tertiary alicyclic amines) is 1. The van der Waals surface area contributed by atoms with E-state index in [9.17, 15) is 14.7 Å². The summed E-state index contributed by atoms with van der Waals surface area (Å²) in [6.07, 6.45) is 3.57. The smallest absolute Gasteiger partial charge is 0.295 e. The zero-order chi connectivity index (χ0) is 23.7. The van der Waals surface area contributed by atoms with E-state index in [4.69, 9.17) is 25.8 Å². The molecule has 8 heteroatoms. The summed E-state index contributed by atoms with van der Waals surface area (Å²) in [5, 5.41) is 11.7. The third-order valence-electron chi connectivity index (χ3n) is 6.36. The number of aliphatic hydroxyl groups excluding tert-OH is 1. The maximum absolute atomic E-state index is 13.3. The zero-order valence-corrected chi connectivity index (χ0v) is 19.5. The first-order valence-electron chi connectivity index (χ1n) is 10.8. The highest BCUT2D eigenvalue weighted by Gasteiger charge is 2.50. The van der Waals surface area contributed by atoms with Crippen LogP contribution in [0.1, 0.15) is 42.9 Å². The van der Waals surface area contributed by atoms with Crippen LogP contribution in [0.5, 0.6) is 17.2 Å². The Kier molecular flexibility index (Phi) is 6.51. The van der Waals surface area contributed by atoms with E-state index >= 15 is 0 Å². The zero-order valence-electron chi connectivity index (χ0n) is 18.8. The van der Waals surface area contributed by atoms with Crippen LogP contribution in [0.3, 0.4) is 0 Å². The van der Waals surface area contributed by atoms with Crippen molar-refractivity contribution >= 4 is 29.1 Å². The van der Waals surface area contributed by atoms with Gasteiger partial charge in [-0.1, -0.05) is 42.6 Å². The SMILES string of the molecule is COc1cc(/C(O)=C2\C(=O)C(=O)N(C3CCCC3)C2c2ccccc2OC)c(OC)cc1Cl. The molecule has 2 aliphatic rings. The fraction of sp³-hybridized carbons (Fsp3) is 0.360. The molecule has 7 nitrogen and oxygen atoms in total. The van der Waals surface area contributed by atoms with Crippen molar-refractivity contribution in [2.45, 2.75) is 37.8 Å². The fourth-order valence-electron chi connectivity index (χ4n) is 4.80. The molecule has 1 aliphatic carbocycles. The Labute approximate surface area is 197 Å². The van der Waals surface area contributed by atoms with E-state index in [1.807, 2.05) is 18.2 Å². The predicted molar refractivity (Wildman–Crippen MR) is 124 cm³/mol. The Hall–Kier alpha value is -3.19. The topological polar surface area (TPSA) is 85.3 Å². The third kappa shape index (κ3) is 3.91. The molecule has 174 valence electrons. The lowest BCUT2D eigenvalue weighted by Gasteiger charge is -2.31. The summed E-state index contributed by atoms with van der Waals surface area (Å²) >= 11 is 6.22. The van der Waals surface area contributed by atoms with Crippen molar-refractivity contribution in [2.75, 3.05) is 21.3 Å². The molecule has 0 bridgehead atoms. The molecule has 1 amide bonds. The lowest BCUT2D eigenvalue weighted by atomic mass is 9.93. The van der Waals surface area contributed by atoms with Crippen molar-refractivity contribution in [1.29, 1.82) is 0 Å². The van der Waals surface area contributed by atoms with Gasteiger partial charge in [-0.2, -0.15) is 0 Å². The third-order valence-corrected chi connectivity index (χ3v) is 6.66. The lowest BCUT2D eigenvalue weighted by Crippen LogP contribution is -2.37. The molecule has 2 aromatic rings. The highest BCUT2D eigenvalue weighted by atomic mass is 35.5. The summed E-state index contributed by atoms with van der Waals surface area (Å²) in [6.45, 7) is 0. The number of halogens is 1. The monoisotopic (exact) mass is 471 g/mol. The summed E-state index contributed by atoms with van der Waals surface area (Å²) in [5.41, 5.74) is 0.828. The number of hydrogen-bond acceptors (Lipinski definition) is 6. The fourth-order valence-corrected chi connectivity index (χ4v) is 5.03. The van der Waals surface area contributed by atoms with Crippen LogP contribution in [0.2, 0.25) is 5.02 Å². The van der Waals surface area contributed by atoms with Gasteiger partial charge in [-0.3, -0.25) is 9.59 Å². The van der Waals surface area contributed by atoms with Gasteiger partial charge in [0.2, 0.25) is 0 Å². The number of Topliss-reactive ketones (excluding diaryl/α,β-unsaturated/α-hetero) is 1. The van der Waals surface area contributed by atoms with Crippen LogP contribution in [0, 0.1) is 0 Å². The van der Waals surface area contributed by atoms with Crippen LogP contribution in [-0.4, -0.2) is 49.1 Å². The molecule has 1 heterocycles. The van der Waals surface area contributed by atoms with Gasteiger partial charge in [0.05, 0.1) is 43.5 Å². The van der Waals surface area contributed by atoms with Crippen molar-refractivity contribution in [3.05, 3.63) is 58.1 Å². The summed E-state index contributed by atoms with van der Waals surface area (Å²) in [6, 6.07) is 9.33. The Morgan fingerprint density at radius 2 is 1.61 bits per heavy atom. The van der Waals surface area contributed by atoms with Gasteiger partial charge < -0.3 is 24.2 Å². The molecule has 1 N–H and O–H groups in total. The van der Waals surface area contributed by atoms with Gasteiger partial charge in [0.1, 0.15) is 23.0 Å². The molecule has 2 fully saturated rings. The first-order valence-corrected chi connectivity index (χ1v) is 11.2. The van der Waals surface area contributed by atoms with Crippen molar-refractivity contribution in [3.63, 3.8) is 0 Å². The highest BCUT2D eigenvalue weighted by molar-refractivity contribution is 6.46. The largest absolute Gasteiger partial charge is 0.507 e. The molecule has 0 spiro atoms. The van der Waals surface area contributed by atoms with E-state index in [-0.39, 0.29) is 28.7 Å². The number of ether oxygens (including phenoxy) is 3. The van der Waals surface area contributed by atoms with Crippen LogP contribution in [0.25, 0.3) is 5.76 Å². The second-order valence-corrected chi connectivity index (χ2v) is 8.48. The normalized spacial score (nSPS) is 20.4. The van der Waals surface area contributed by atoms with Gasteiger partial charge in [0, 0.05) is 17.7 Å². The Morgan fingerprint density at radius 3 is 2.24 bits per heavy atom. The van der Waals surface area contributed by atoms with E-state index in [1.165, 1.54) is 33.5 Å². The molecular formula is C25H26ClNO6. The summed E-state index contributed by atoms with van der Waals surface area (Å²) in [4.78, 5) is 28.2. The van der Waals surface area contributed by atoms with Crippen molar-refractivity contribution < 1.29 is 28.9 Å². The van der Waals surface area contributed by atoms with E-state index < -0.39 is 17.7 Å². The molecule has 1 atom stereocenters. The average molecular weight is 472 g/mol. The molecule has 0 radical (unpaired) electrons. The van der Waals surface area contributed by atoms with Crippen LogP contribution in [0.15, 0.2) is 42.0 Å². The summed E-state index contributed by atoms with van der Waals surface area (Å²) in [7, 11) is 4.42. The number of benzene rings is 2. The second-order valence-electron chi connectivity index (χ2n) is 8.07. The number of nitrogens with zero attached hydrogens (tertiary/aromatic N) is 1. The van der Waals surface area contributed by atoms with Crippen molar-refractivity contribution in [1.82, 2.24) is 4.90 Å². The quantitative estimate of drug-likeness (QED) is 0.372. The molecule has 2 aromatic carbocycles. The van der Waals surface area contributed by atoms with Gasteiger partial charge in [-0.25, -0.2) is 0 Å². The van der Waals surface area contributed by atoms with Gasteiger partial charge in [0.25, 0.3) is 11.7 Å². The van der Waals surface area contributed by atoms with Gasteiger partial charge in [-0.05, 0) is 25.0 Å². The first-order chi connectivity index (χ1) is 15.9. The molecule has 4 rings (SSSR count). The molecule has 1 unspecified atom stereocenters. The standard InChI is InChI=1S/C25H26ClNO6/c1-31-18-11-7-6-10-15(18)22-21(24(29)25(30)27(22)14-8-4-5-9-14)23(28)16-12-20(33-3)17(26)13-19(16)32-2/h6-7,10-14,22,28H,4-5,8-9H2,1-3H3/b23-21+. The number of hydrogen-bond donors (Lipinski definition) is 1. The van der Waals surface area contributed by atoms with Gasteiger partial charge >= 0.3 is 0 Å². The second kappa shape index (κ2) is 9.35. The van der Waals surface area contributed by atoms with Crippen LogP contribution in [-0.2, 0) is 9.59 Å². The molecule has 0 aromatic heterocycles. The predicted octanol–water partition coefficient (Wildman–Crippen LogP) is 4.73. The number of amides is 1. The maximum atomic E-state index is 13.3. The molecule has 1 aliphatic heterocycles. The molecular weight excluding hydrogens is 446 g/mol. The van der Waals surface area contributed by atoms with E-state index in [0.29, 0.717) is 22.1 Å². The maximum Gasteiger partial charge on any atom is 0.295 e. The molecule has 1 saturated heterocycles.